The topological polar surface area (TPSA) is 46.1 Å². The Kier molecular flexibility index (Phi) is 3.20. The zero-order chi connectivity index (χ0) is 14.2. The van der Waals surface area contributed by atoms with Gasteiger partial charge in [0.2, 0.25) is 0 Å². The Morgan fingerprint density at radius 3 is 2.86 bits per heavy atom. The quantitative estimate of drug-likeness (QED) is 0.739. The van der Waals surface area contributed by atoms with Gasteiger partial charge >= 0.3 is 0 Å². The van der Waals surface area contributed by atoms with Crippen LogP contribution in [-0.4, -0.2) is 25.6 Å². The lowest BCUT2D eigenvalue weighted by Gasteiger charge is -2.22. The van der Waals surface area contributed by atoms with Crippen LogP contribution in [0.2, 0.25) is 0 Å². The van der Waals surface area contributed by atoms with E-state index in [9.17, 15) is 4.79 Å². The number of carbonyl (C=O) groups is 1. The smallest absolute Gasteiger partial charge is 0.254 e. The molecule has 2 heterocycles. The average Bonchev–Trinajstić information content (AvgIpc) is 3.02. The second kappa shape index (κ2) is 5.20. The molecule has 0 bridgehead atoms. The summed E-state index contributed by atoms with van der Waals surface area (Å²) in [6, 6.07) is 8.06. The van der Waals surface area contributed by atoms with Crippen LogP contribution in [-0.2, 0) is 6.54 Å². The van der Waals surface area contributed by atoms with Crippen LogP contribution in [0, 0.1) is 0 Å². The number of hydrogen-bond acceptors (Lipinski definition) is 5. The van der Waals surface area contributed by atoms with E-state index in [0.29, 0.717) is 18.2 Å². The van der Waals surface area contributed by atoms with E-state index < -0.39 is 0 Å². The molecule has 0 radical (unpaired) electrons. The summed E-state index contributed by atoms with van der Waals surface area (Å²) in [6.45, 7) is 0.695. The third kappa shape index (κ3) is 2.56. The Balaban J connectivity index is 1.63. The summed E-state index contributed by atoms with van der Waals surface area (Å²) >= 11 is 2.85. The van der Waals surface area contributed by atoms with E-state index in [1.54, 1.807) is 11.3 Å². The van der Waals surface area contributed by atoms with Crippen molar-refractivity contribution in [1.29, 1.82) is 0 Å². The Hall–Kier alpha value is -1.79. The van der Waals surface area contributed by atoms with Gasteiger partial charge in [0.05, 0.1) is 11.7 Å². The third-order valence-corrected chi connectivity index (χ3v) is 4.97. The highest BCUT2D eigenvalue weighted by Gasteiger charge is 2.33. The van der Waals surface area contributed by atoms with Crippen LogP contribution >= 0.6 is 23.1 Å². The van der Waals surface area contributed by atoms with Gasteiger partial charge < -0.3 is 4.90 Å². The summed E-state index contributed by atoms with van der Waals surface area (Å²) in [7, 11) is 0. The van der Waals surface area contributed by atoms with E-state index in [4.69, 9.17) is 0 Å². The molecule has 0 N–H and O–H groups in total. The number of nitrogens with zero attached hydrogens (tertiary/aromatic N) is 3. The van der Waals surface area contributed by atoms with E-state index in [2.05, 4.69) is 25.6 Å². The number of benzene rings is 1. The van der Waals surface area contributed by atoms with Crippen LogP contribution in [0.15, 0.2) is 35.0 Å². The van der Waals surface area contributed by atoms with Crippen LogP contribution in [0.4, 0.5) is 0 Å². The van der Waals surface area contributed by atoms with Crippen molar-refractivity contribution in [3.63, 3.8) is 0 Å². The summed E-state index contributed by atoms with van der Waals surface area (Å²) in [5.41, 5.74) is 3.57. The molecule has 1 amide bonds. The molecule has 21 heavy (non-hydrogen) atoms. The highest BCUT2D eigenvalue weighted by atomic mass is 32.1. The molecule has 1 fully saturated rings. The standard InChI is InChI=1S/C15H13N3OS2/c19-15(11-1-4-13-14(7-11)17-21-16-13)18(12-2-3-12)8-10-5-6-20-9-10/h1,4-7,9,12H,2-3,8H2. The van der Waals surface area contributed by atoms with E-state index >= 15 is 0 Å². The fraction of sp³-hybridized carbons (Fsp3) is 0.267. The van der Waals surface area contributed by atoms with Crippen molar-refractivity contribution < 1.29 is 4.79 Å². The number of carbonyl (C=O) groups excluding carboxylic acids is 1. The minimum Gasteiger partial charge on any atom is -0.331 e. The molecule has 6 heteroatoms. The maximum Gasteiger partial charge on any atom is 0.254 e. The normalized spacial score (nSPS) is 14.5. The lowest BCUT2D eigenvalue weighted by atomic mass is 10.1. The van der Waals surface area contributed by atoms with Crippen LogP contribution in [0.1, 0.15) is 28.8 Å². The summed E-state index contributed by atoms with van der Waals surface area (Å²) in [4.78, 5) is 14.8. The summed E-state index contributed by atoms with van der Waals surface area (Å²) in [5.74, 6) is 0.0959. The summed E-state index contributed by atoms with van der Waals surface area (Å²) in [6.07, 6.45) is 2.22. The van der Waals surface area contributed by atoms with Crippen molar-refractivity contribution in [3.05, 3.63) is 46.2 Å². The minimum atomic E-state index is 0.0959. The molecule has 1 saturated carbocycles. The molecule has 4 rings (SSSR count). The molecule has 1 aliphatic carbocycles. The molecule has 0 aliphatic heterocycles. The Morgan fingerprint density at radius 1 is 1.24 bits per heavy atom. The number of amides is 1. The third-order valence-electron chi connectivity index (χ3n) is 3.68. The molecule has 3 aromatic rings. The lowest BCUT2D eigenvalue weighted by molar-refractivity contribution is 0.0730. The summed E-state index contributed by atoms with van der Waals surface area (Å²) < 4.78 is 8.40. The molecule has 2 aromatic heterocycles. The van der Waals surface area contributed by atoms with E-state index in [0.717, 1.165) is 23.9 Å². The lowest BCUT2D eigenvalue weighted by Crippen LogP contribution is -2.32. The maximum absolute atomic E-state index is 12.8. The predicted molar refractivity (Wildman–Crippen MR) is 84.6 cm³/mol. The molecular formula is C15H13N3OS2. The van der Waals surface area contributed by atoms with Gasteiger partial charge in [0.15, 0.2) is 0 Å². The van der Waals surface area contributed by atoms with Crippen LogP contribution in [0.5, 0.6) is 0 Å². The molecule has 0 atom stereocenters. The second-order valence-corrected chi connectivity index (χ2v) is 6.57. The minimum absolute atomic E-state index is 0.0959. The van der Waals surface area contributed by atoms with Crippen molar-refractivity contribution in [1.82, 2.24) is 13.6 Å². The van der Waals surface area contributed by atoms with Gasteiger partial charge in [0.1, 0.15) is 11.0 Å². The molecule has 106 valence electrons. The molecule has 0 spiro atoms. The second-order valence-electron chi connectivity index (χ2n) is 5.26. The molecule has 1 aliphatic rings. The van der Waals surface area contributed by atoms with Gasteiger partial charge in [-0.25, -0.2) is 0 Å². The van der Waals surface area contributed by atoms with E-state index in [-0.39, 0.29) is 5.91 Å². The molecule has 0 saturated heterocycles. The zero-order valence-electron chi connectivity index (χ0n) is 11.2. The fourth-order valence-electron chi connectivity index (χ4n) is 2.41. The Labute approximate surface area is 130 Å². The van der Waals surface area contributed by atoms with Gasteiger partial charge in [-0.2, -0.15) is 20.1 Å². The number of rotatable bonds is 4. The average molecular weight is 315 g/mol. The van der Waals surface area contributed by atoms with Crippen molar-refractivity contribution >= 4 is 40.0 Å². The first-order valence-electron chi connectivity index (χ1n) is 6.85. The number of fused-ring (bicyclic) bond motifs is 1. The van der Waals surface area contributed by atoms with Crippen molar-refractivity contribution in [2.75, 3.05) is 0 Å². The predicted octanol–water partition coefficient (Wildman–Crippen LogP) is 3.56. The monoisotopic (exact) mass is 315 g/mol. The molecule has 0 unspecified atom stereocenters. The van der Waals surface area contributed by atoms with Crippen LogP contribution in [0.25, 0.3) is 11.0 Å². The van der Waals surface area contributed by atoms with E-state index in [1.165, 1.54) is 17.3 Å². The molecule has 4 nitrogen and oxygen atoms in total. The largest absolute Gasteiger partial charge is 0.331 e. The highest BCUT2D eigenvalue weighted by Crippen LogP contribution is 2.30. The van der Waals surface area contributed by atoms with Crippen molar-refractivity contribution in [2.24, 2.45) is 0 Å². The van der Waals surface area contributed by atoms with Crippen molar-refractivity contribution in [3.8, 4) is 0 Å². The Bertz CT molecular complexity index is 777. The molecule has 1 aromatic carbocycles. The number of hydrogen-bond donors (Lipinski definition) is 0. The van der Waals surface area contributed by atoms with Gasteiger partial charge in [-0.05, 0) is 53.4 Å². The van der Waals surface area contributed by atoms with Gasteiger partial charge in [-0.15, -0.1) is 0 Å². The number of aromatic nitrogens is 2. The van der Waals surface area contributed by atoms with Crippen molar-refractivity contribution in [2.45, 2.75) is 25.4 Å². The van der Waals surface area contributed by atoms with Crippen LogP contribution < -0.4 is 0 Å². The zero-order valence-corrected chi connectivity index (χ0v) is 12.9. The van der Waals surface area contributed by atoms with Gasteiger partial charge in [-0.3, -0.25) is 4.79 Å². The fourth-order valence-corrected chi connectivity index (χ4v) is 3.59. The molecular weight excluding hydrogens is 302 g/mol. The first-order chi connectivity index (χ1) is 10.3. The first kappa shape index (κ1) is 12.9. The maximum atomic E-state index is 12.8. The number of thiophene rings is 1. The summed E-state index contributed by atoms with van der Waals surface area (Å²) in [5, 5.41) is 4.16. The first-order valence-corrected chi connectivity index (χ1v) is 8.53. The van der Waals surface area contributed by atoms with Gasteiger partial charge in [0.25, 0.3) is 5.91 Å². The van der Waals surface area contributed by atoms with Gasteiger partial charge in [0, 0.05) is 18.2 Å². The van der Waals surface area contributed by atoms with Gasteiger partial charge in [-0.1, -0.05) is 0 Å². The highest BCUT2D eigenvalue weighted by molar-refractivity contribution is 7.07. The van der Waals surface area contributed by atoms with E-state index in [1.807, 2.05) is 23.1 Å². The van der Waals surface area contributed by atoms with Crippen LogP contribution in [0.3, 0.4) is 0 Å². The Morgan fingerprint density at radius 2 is 2.10 bits per heavy atom. The SMILES string of the molecule is O=C(c1ccc2nsnc2c1)N(Cc1ccsc1)C1CC1.